The Bertz CT molecular complexity index is 834. The van der Waals surface area contributed by atoms with E-state index in [2.05, 4.69) is 10.0 Å². The van der Waals surface area contributed by atoms with E-state index in [1.807, 2.05) is 42.6 Å². The van der Waals surface area contributed by atoms with Crippen LogP contribution < -0.4 is 10.0 Å². The van der Waals surface area contributed by atoms with Gasteiger partial charge in [-0.1, -0.05) is 18.2 Å². The normalized spacial score (nSPS) is 23.8. The fourth-order valence-corrected chi connectivity index (χ4v) is 4.87. The molecule has 1 aromatic heterocycles. The number of thiophene rings is 1. The van der Waals surface area contributed by atoms with Gasteiger partial charge < -0.3 is 5.32 Å². The Morgan fingerprint density at radius 3 is 2.79 bits per heavy atom. The quantitative estimate of drug-likeness (QED) is 0.876. The summed E-state index contributed by atoms with van der Waals surface area (Å²) in [5.41, 5.74) is 1.69. The summed E-state index contributed by atoms with van der Waals surface area (Å²) in [5.74, 6) is -0.324. The summed E-state index contributed by atoms with van der Waals surface area (Å²) in [5, 5.41) is 4.71. The molecule has 1 aliphatic heterocycles. The Morgan fingerprint density at radius 2 is 2.12 bits per heavy atom. The second-order valence-electron chi connectivity index (χ2n) is 5.82. The van der Waals surface area contributed by atoms with Gasteiger partial charge in [0.25, 0.3) is 10.2 Å². The van der Waals surface area contributed by atoms with Gasteiger partial charge in [-0.05, 0) is 42.5 Å². The van der Waals surface area contributed by atoms with Crippen molar-refractivity contribution in [3.05, 3.63) is 52.2 Å². The molecule has 2 aromatic rings. The van der Waals surface area contributed by atoms with Crippen LogP contribution in [-0.4, -0.2) is 31.7 Å². The second-order valence-corrected chi connectivity index (χ2v) is 8.56. The van der Waals surface area contributed by atoms with Crippen LogP contribution in [0.5, 0.6) is 0 Å². The van der Waals surface area contributed by atoms with Crippen molar-refractivity contribution in [1.82, 2.24) is 9.03 Å². The maximum absolute atomic E-state index is 12.7. The molecule has 1 aromatic carbocycles. The lowest BCUT2D eigenvalue weighted by Gasteiger charge is -2.35. The minimum Gasteiger partial charge on any atom is -0.325 e. The first-order chi connectivity index (χ1) is 11.4. The number of nitrogens with one attached hydrogen (secondary N) is 2. The highest BCUT2D eigenvalue weighted by atomic mass is 32.2. The fourth-order valence-electron chi connectivity index (χ4n) is 2.73. The maximum atomic E-state index is 12.7. The van der Waals surface area contributed by atoms with E-state index < -0.39 is 16.3 Å². The van der Waals surface area contributed by atoms with Crippen molar-refractivity contribution in [2.75, 3.05) is 12.4 Å². The van der Waals surface area contributed by atoms with E-state index in [0.717, 1.165) is 14.7 Å². The summed E-state index contributed by atoms with van der Waals surface area (Å²) in [4.78, 5) is 13.6. The monoisotopic (exact) mass is 365 g/mol. The highest BCUT2D eigenvalue weighted by Gasteiger charge is 2.40. The van der Waals surface area contributed by atoms with Gasteiger partial charge in [-0.3, -0.25) is 4.79 Å². The Balaban J connectivity index is 1.83. The number of anilines is 1. The van der Waals surface area contributed by atoms with Crippen molar-refractivity contribution < 1.29 is 13.2 Å². The maximum Gasteiger partial charge on any atom is 0.280 e. The number of hydrogen-bond acceptors (Lipinski definition) is 4. The molecule has 1 saturated heterocycles. The summed E-state index contributed by atoms with van der Waals surface area (Å²) in [6.07, 6.45) is 0.383. The molecule has 0 spiro atoms. The van der Waals surface area contributed by atoms with Crippen molar-refractivity contribution in [2.45, 2.75) is 25.4 Å². The van der Waals surface area contributed by atoms with Crippen molar-refractivity contribution in [3.8, 4) is 0 Å². The molecule has 1 amide bonds. The molecule has 0 saturated carbocycles. The first-order valence-electron chi connectivity index (χ1n) is 7.53. The average Bonchev–Trinajstić information content (AvgIpc) is 3.04. The molecule has 2 N–H and O–H groups in total. The predicted octanol–water partition coefficient (Wildman–Crippen LogP) is 2.27. The predicted molar refractivity (Wildman–Crippen MR) is 95.1 cm³/mol. The molecular weight excluding hydrogens is 346 g/mol. The van der Waals surface area contributed by atoms with Gasteiger partial charge in [0.15, 0.2) is 0 Å². The molecule has 24 heavy (non-hydrogen) atoms. The van der Waals surface area contributed by atoms with Gasteiger partial charge in [0.1, 0.15) is 6.04 Å². The van der Waals surface area contributed by atoms with Gasteiger partial charge in [0.2, 0.25) is 5.91 Å². The van der Waals surface area contributed by atoms with Crippen LogP contribution in [0.25, 0.3) is 0 Å². The number of amides is 1. The molecule has 3 rings (SSSR count). The first-order valence-corrected chi connectivity index (χ1v) is 9.85. The van der Waals surface area contributed by atoms with E-state index in [-0.39, 0.29) is 11.9 Å². The average molecular weight is 365 g/mol. The van der Waals surface area contributed by atoms with Crippen molar-refractivity contribution in [2.24, 2.45) is 0 Å². The molecular formula is C16H19N3O3S2. The molecule has 8 heteroatoms. The summed E-state index contributed by atoms with van der Waals surface area (Å²) in [6, 6.07) is 10.0. The first kappa shape index (κ1) is 17.1. The number of benzene rings is 1. The summed E-state index contributed by atoms with van der Waals surface area (Å²) in [6.45, 7) is 1.93. The molecule has 1 fully saturated rings. The van der Waals surface area contributed by atoms with Crippen LogP contribution in [0.15, 0.2) is 41.8 Å². The Kier molecular flexibility index (Phi) is 4.73. The van der Waals surface area contributed by atoms with Crippen LogP contribution >= 0.6 is 11.3 Å². The smallest absolute Gasteiger partial charge is 0.280 e. The van der Waals surface area contributed by atoms with Gasteiger partial charge in [0, 0.05) is 17.6 Å². The molecule has 1 aliphatic rings. The Hall–Kier alpha value is -1.74. The van der Waals surface area contributed by atoms with Gasteiger partial charge in [0.05, 0.1) is 6.04 Å². The molecule has 0 unspecified atom stereocenters. The molecule has 0 bridgehead atoms. The fraction of sp³-hybridized carbons (Fsp3) is 0.312. The Labute approximate surface area is 145 Å². The number of carbonyl (C=O) groups excluding carboxylic acids is 1. The van der Waals surface area contributed by atoms with Crippen LogP contribution in [0.4, 0.5) is 5.69 Å². The summed E-state index contributed by atoms with van der Waals surface area (Å²) < 4.78 is 28.4. The van der Waals surface area contributed by atoms with Gasteiger partial charge in [-0.15, -0.1) is 11.3 Å². The lowest BCUT2D eigenvalue weighted by Crippen LogP contribution is -2.55. The standard InChI is InChI=1S/C16H19N3O3S2/c1-11-5-3-6-12(9-11)17-16(20)14-10-13(15-7-4-8-23-15)18-24(21,22)19(14)2/h3-9,13-14,18H,10H2,1-2H3,(H,17,20)/t13-,14+/m0/s1. The van der Waals surface area contributed by atoms with Gasteiger partial charge >= 0.3 is 0 Å². The van der Waals surface area contributed by atoms with Crippen molar-refractivity contribution >= 4 is 33.1 Å². The minimum atomic E-state index is -3.70. The van der Waals surface area contributed by atoms with Crippen molar-refractivity contribution in [3.63, 3.8) is 0 Å². The van der Waals surface area contributed by atoms with Gasteiger partial charge in [-0.25, -0.2) is 0 Å². The number of rotatable bonds is 3. The topological polar surface area (TPSA) is 78.5 Å². The molecule has 2 atom stereocenters. The zero-order valence-corrected chi connectivity index (χ0v) is 15.0. The second kappa shape index (κ2) is 6.64. The zero-order valence-electron chi connectivity index (χ0n) is 13.4. The highest BCUT2D eigenvalue weighted by Crippen LogP contribution is 2.30. The number of aryl methyl sites for hydroxylation is 1. The number of carbonyl (C=O) groups is 1. The highest BCUT2D eigenvalue weighted by molar-refractivity contribution is 7.87. The molecule has 128 valence electrons. The number of likely N-dealkylation sites (N-methyl/N-ethyl adjacent to an activating group) is 1. The SMILES string of the molecule is Cc1cccc(NC(=O)[C@H]2C[C@@H](c3cccs3)NS(=O)(=O)N2C)c1. The van der Waals surface area contributed by atoms with Gasteiger partial charge in [-0.2, -0.15) is 17.4 Å². The lowest BCUT2D eigenvalue weighted by atomic mass is 10.1. The van der Waals surface area contributed by atoms with E-state index in [1.54, 1.807) is 6.07 Å². The van der Waals surface area contributed by atoms with Crippen LogP contribution in [0.3, 0.4) is 0 Å². The third-order valence-corrected chi connectivity index (χ3v) is 6.62. The zero-order chi connectivity index (χ0) is 17.3. The van der Waals surface area contributed by atoms with Crippen LogP contribution in [0, 0.1) is 6.92 Å². The minimum absolute atomic E-state index is 0.324. The lowest BCUT2D eigenvalue weighted by molar-refractivity contribution is -0.120. The third-order valence-electron chi connectivity index (χ3n) is 4.04. The third kappa shape index (κ3) is 3.51. The van der Waals surface area contributed by atoms with E-state index in [1.165, 1.54) is 18.4 Å². The van der Waals surface area contributed by atoms with Crippen LogP contribution in [-0.2, 0) is 15.0 Å². The van der Waals surface area contributed by atoms with E-state index in [9.17, 15) is 13.2 Å². The largest absolute Gasteiger partial charge is 0.325 e. The summed E-state index contributed by atoms with van der Waals surface area (Å²) in [7, 11) is -2.28. The molecule has 0 aliphatic carbocycles. The summed E-state index contributed by atoms with van der Waals surface area (Å²) >= 11 is 1.47. The number of hydrogen-bond donors (Lipinski definition) is 2. The van der Waals surface area contributed by atoms with Crippen LogP contribution in [0.2, 0.25) is 0 Å². The van der Waals surface area contributed by atoms with E-state index in [4.69, 9.17) is 0 Å². The van der Waals surface area contributed by atoms with E-state index >= 15 is 0 Å². The number of nitrogens with zero attached hydrogens (tertiary/aromatic N) is 1. The molecule has 0 radical (unpaired) electrons. The van der Waals surface area contributed by atoms with Crippen LogP contribution in [0.1, 0.15) is 22.9 Å². The van der Waals surface area contributed by atoms with Crippen molar-refractivity contribution in [1.29, 1.82) is 0 Å². The van der Waals surface area contributed by atoms with E-state index in [0.29, 0.717) is 12.1 Å². The molecule has 6 nitrogen and oxygen atoms in total. The molecule has 2 heterocycles. The Morgan fingerprint density at radius 1 is 1.33 bits per heavy atom.